The van der Waals surface area contributed by atoms with E-state index in [1.807, 2.05) is 0 Å². The monoisotopic (exact) mass is 271 g/mol. The first kappa shape index (κ1) is 16.9. The predicted octanol–water partition coefficient (Wildman–Crippen LogP) is 3.48. The molecule has 0 radical (unpaired) electrons. The van der Waals surface area contributed by atoms with Crippen LogP contribution in [0.1, 0.15) is 57.8 Å². The summed E-state index contributed by atoms with van der Waals surface area (Å²) < 4.78 is 10.4. The van der Waals surface area contributed by atoms with Gasteiger partial charge < -0.3 is 9.47 Å². The normalized spacial score (nSPS) is 16.9. The molecule has 1 rings (SSSR count). The molecule has 0 aromatic heterocycles. The molecule has 19 heavy (non-hydrogen) atoms. The van der Waals surface area contributed by atoms with Crippen LogP contribution in [0.5, 0.6) is 0 Å². The largest absolute Gasteiger partial charge is 0.385 e. The van der Waals surface area contributed by atoms with Crippen LogP contribution in [0.15, 0.2) is 0 Å². The molecule has 1 fully saturated rings. The smallest absolute Gasteiger partial charge is 0.0594 e. The quantitative estimate of drug-likeness (QED) is 0.507. The third-order valence-corrected chi connectivity index (χ3v) is 3.93. The molecule has 0 N–H and O–H groups in total. The molecule has 0 spiro atoms. The van der Waals surface area contributed by atoms with Gasteiger partial charge >= 0.3 is 0 Å². The van der Waals surface area contributed by atoms with Gasteiger partial charge in [-0.3, -0.25) is 4.90 Å². The van der Waals surface area contributed by atoms with E-state index in [1.165, 1.54) is 64.3 Å². The van der Waals surface area contributed by atoms with Crippen molar-refractivity contribution in [1.29, 1.82) is 0 Å². The fourth-order valence-corrected chi connectivity index (χ4v) is 2.64. The number of ether oxygens (including phenoxy) is 2. The fourth-order valence-electron chi connectivity index (χ4n) is 2.64. The van der Waals surface area contributed by atoms with E-state index in [4.69, 9.17) is 9.47 Å². The van der Waals surface area contributed by atoms with Gasteiger partial charge in [0.05, 0.1) is 13.2 Å². The summed E-state index contributed by atoms with van der Waals surface area (Å²) >= 11 is 0. The Balaban J connectivity index is 1.71. The molecule has 1 saturated heterocycles. The average Bonchev–Trinajstić information content (AvgIpc) is 2.46. The highest BCUT2D eigenvalue weighted by Gasteiger charge is 2.08. The fraction of sp³-hybridized carbons (Fsp3) is 1.00. The Morgan fingerprint density at radius 2 is 1.32 bits per heavy atom. The maximum absolute atomic E-state index is 5.36. The summed E-state index contributed by atoms with van der Waals surface area (Å²) in [5, 5.41) is 0. The zero-order valence-corrected chi connectivity index (χ0v) is 12.9. The third-order valence-electron chi connectivity index (χ3n) is 3.93. The van der Waals surface area contributed by atoms with E-state index in [-0.39, 0.29) is 0 Å². The molecule has 0 atom stereocenters. The first-order chi connectivity index (χ1) is 9.43. The van der Waals surface area contributed by atoms with Crippen LogP contribution in [0.25, 0.3) is 0 Å². The van der Waals surface area contributed by atoms with E-state index in [1.54, 1.807) is 7.11 Å². The predicted molar refractivity (Wildman–Crippen MR) is 80.7 cm³/mol. The van der Waals surface area contributed by atoms with E-state index >= 15 is 0 Å². The highest BCUT2D eigenvalue weighted by atomic mass is 16.5. The lowest BCUT2D eigenvalue weighted by Gasteiger charge is -2.26. The van der Waals surface area contributed by atoms with Crippen LogP contribution in [-0.2, 0) is 9.47 Å². The van der Waals surface area contributed by atoms with Gasteiger partial charge in [-0.25, -0.2) is 0 Å². The highest BCUT2D eigenvalue weighted by Crippen LogP contribution is 2.10. The summed E-state index contributed by atoms with van der Waals surface area (Å²) in [5.74, 6) is 0. The summed E-state index contributed by atoms with van der Waals surface area (Å²) in [4.78, 5) is 2.54. The van der Waals surface area contributed by atoms with Gasteiger partial charge in [0.1, 0.15) is 0 Å². The number of morpholine rings is 1. The average molecular weight is 271 g/mol. The zero-order chi connectivity index (χ0) is 13.6. The minimum atomic E-state index is 0.932. The first-order valence-electron chi connectivity index (χ1n) is 8.22. The van der Waals surface area contributed by atoms with Crippen LogP contribution in [0.3, 0.4) is 0 Å². The van der Waals surface area contributed by atoms with Crippen molar-refractivity contribution in [3.63, 3.8) is 0 Å². The molecule has 3 nitrogen and oxygen atoms in total. The van der Waals surface area contributed by atoms with Gasteiger partial charge in [0.25, 0.3) is 0 Å². The summed E-state index contributed by atoms with van der Waals surface area (Å²) in [7, 11) is 1.79. The second-order valence-electron chi connectivity index (χ2n) is 5.63. The molecule has 1 aliphatic rings. The molecule has 0 aliphatic carbocycles. The number of methoxy groups -OCH3 is 1. The van der Waals surface area contributed by atoms with Crippen LogP contribution in [-0.4, -0.2) is 51.5 Å². The van der Waals surface area contributed by atoms with Crippen molar-refractivity contribution in [2.45, 2.75) is 57.8 Å². The number of rotatable bonds is 12. The summed E-state index contributed by atoms with van der Waals surface area (Å²) in [6.07, 6.45) is 12.4. The van der Waals surface area contributed by atoms with Gasteiger partial charge in [0.15, 0.2) is 0 Å². The first-order valence-corrected chi connectivity index (χ1v) is 8.22. The third kappa shape index (κ3) is 10.3. The number of nitrogens with zero attached hydrogens (tertiary/aromatic N) is 1. The minimum Gasteiger partial charge on any atom is -0.385 e. The summed E-state index contributed by atoms with van der Waals surface area (Å²) in [6, 6.07) is 0. The second-order valence-corrected chi connectivity index (χ2v) is 5.63. The number of hydrogen-bond donors (Lipinski definition) is 0. The Hall–Kier alpha value is -0.120. The van der Waals surface area contributed by atoms with E-state index < -0.39 is 0 Å². The van der Waals surface area contributed by atoms with Crippen molar-refractivity contribution in [2.24, 2.45) is 0 Å². The molecular weight excluding hydrogens is 238 g/mol. The maximum atomic E-state index is 5.36. The number of hydrogen-bond acceptors (Lipinski definition) is 3. The van der Waals surface area contributed by atoms with E-state index in [9.17, 15) is 0 Å². The van der Waals surface area contributed by atoms with Gasteiger partial charge in [0.2, 0.25) is 0 Å². The maximum Gasteiger partial charge on any atom is 0.0594 e. The Bertz CT molecular complexity index is 182. The molecular formula is C16H33NO2. The van der Waals surface area contributed by atoms with E-state index in [0.29, 0.717) is 0 Å². The lowest BCUT2D eigenvalue weighted by Crippen LogP contribution is -2.36. The molecule has 0 amide bonds. The van der Waals surface area contributed by atoms with Gasteiger partial charge in [-0.2, -0.15) is 0 Å². The van der Waals surface area contributed by atoms with Crippen LogP contribution < -0.4 is 0 Å². The molecule has 114 valence electrons. The Kier molecular flexibility index (Phi) is 11.5. The van der Waals surface area contributed by atoms with Gasteiger partial charge in [0, 0.05) is 26.8 Å². The molecule has 1 heterocycles. The zero-order valence-electron chi connectivity index (χ0n) is 12.9. The molecule has 0 saturated carbocycles. The Labute approximate surface area is 119 Å². The highest BCUT2D eigenvalue weighted by molar-refractivity contribution is 4.61. The van der Waals surface area contributed by atoms with Crippen molar-refractivity contribution in [3.8, 4) is 0 Å². The molecule has 0 aromatic rings. The van der Waals surface area contributed by atoms with E-state index in [0.717, 1.165) is 32.9 Å². The summed E-state index contributed by atoms with van der Waals surface area (Å²) in [5.41, 5.74) is 0. The lowest BCUT2D eigenvalue weighted by molar-refractivity contribution is 0.0371. The van der Waals surface area contributed by atoms with Gasteiger partial charge in [-0.05, 0) is 19.4 Å². The number of unbranched alkanes of at least 4 members (excludes halogenated alkanes) is 8. The standard InChI is InChI=1S/C16H33NO2/c1-18-14-10-8-6-4-2-3-5-7-9-11-17-12-15-19-16-13-17/h2-16H2,1H3. The van der Waals surface area contributed by atoms with Crippen molar-refractivity contribution in [3.05, 3.63) is 0 Å². The Morgan fingerprint density at radius 1 is 0.789 bits per heavy atom. The van der Waals surface area contributed by atoms with E-state index in [2.05, 4.69) is 4.90 Å². The molecule has 3 heteroatoms. The lowest BCUT2D eigenvalue weighted by atomic mass is 10.1. The second kappa shape index (κ2) is 12.9. The van der Waals surface area contributed by atoms with Gasteiger partial charge in [-0.15, -0.1) is 0 Å². The van der Waals surface area contributed by atoms with Crippen LogP contribution >= 0.6 is 0 Å². The van der Waals surface area contributed by atoms with Gasteiger partial charge in [-0.1, -0.05) is 44.9 Å². The molecule has 0 bridgehead atoms. The van der Waals surface area contributed by atoms with Crippen molar-refractivity contribution < 1.29 is 9.47 Å². The Morgan fingerprint density at radius 3 is 1.89 bits per heavy atom. The van der Waals surface area contributed by atoms with Crippen LogP contribution in [0, 0.1) is 0 Å². The SMILES string of the molecule is COCCCCCCCCCCCN1CCOCC1. The molecule has 0 unspecified atom stereocenters. The minimum absolute atomic E-state index is 0.932. The van der Waals surface area contributed by atoms with Crippen molar-refractivity contribution in [2.75, 3.05) is 46.6 Å². The van der Waals surface area contributed by atoms with Crippen molar-refractivity contribution >= 4 is 0 Å². The topological polar surface area (TPSA) is 21.7 Å². The van der Waals surface area contributed by atoms with Crippen molar-refractivity contribution in [1.82, 2.24) is 4.90 Å². The molecule has 1 aliphatic heterocycles. The molecule has 0 aromatic carbocycles. The summed E-state index contributed by atoms with van der Waals surface area (Å²) in [6.45, 7) is 6.36. The van der Waals surface area contributed by atoms with Crippen LogP contribution in [0.2, 0.25) is 0 Å². The van der Waals surface area contributed by atoms with Crippen LogP contribution in [0.4, 0.5) is 0 Å².